The SMILES string of the molecule is COc1ccc2cc(C)c(-c3cc(C)cc(C)c3)nc2c1. The number of fused-ring (bicyclic) bond motifs is 1. The van der Waals surface area contributed by atoms with Gasteiger partial charge in [-0.05, 0) is 56.7 Å². The first-order valence-electron chi connectivity index (χ1n) is 7.11. The highest BCUT2D eigenvalue weighted by atomic mass is 16.5. The summed E-state index contributed by atoms with van der Waals surface area (Å²) >= 11 is 0. The number of methoxy groups -OCH3 is 1. The molecule has 1 aromatic heterocycles. The minimum atomic E-state index is 0.838. The van der Waals surface area contributed by atoms with Crippen molar-refractivity contribution in [2.24, 2.45) is 0 Å². The van der Waals surface area contributed by atoms with E-state index in [1.807, 2.05) is 12.1 Å². The van der Waals surface area contributed by atoms with Gasteiger partial charge in [0.05, 0.1) is 18.3 Å². The molecule has 0 saturated heterocycles. The van der Waals surface area contributed by atoms with Crippen LogP contribution in [-0.2, 0) is 0 Å². The molecule has 0 unspecified atom stereocenters. The molecular formula is C19H19NO. The average Bonchev–Trinajstić information content (AvgIpc) is 2.45. The van der Waals surface area contributed by atoms with Gasteiger partial charge < -0.3 is 4.74 Å². The van der Waals surface area contributed by atoms with Gasteiger partial charge >= 0.3 is 0 Å². The predicted molar refractivity (Wildman–Crippen MR) is 87.9 cm³/mol. The molecule has 0 spiro atoms. The molecule has 0 fully saturated rings. The van der Waals surface area contributed by atoms with Crippen molar-refractivity contribution in [2.75, 3.05) is 7.11 Å². The van der Waals surface area contributed by atoms with Gasteiger partial charge in [0.25, 0.3) is 0 Å². The van der Waals surface area contributed by atoms with E-state index in [-0.39, 0.29) is 0 Å². The zero-order valence-corrected chi connectivity index (χ0v) is 12.9. The summed E-state index contributed by atoms with van der Waals surface area (Å²) in [5.74, 6) is 0.838. The fraction of sp³-hybridized carbons (Fsp3) is 0.211. The highest BCUT2D eigenvalue weighted by Crippen LogP contribution is 2.28. The van der Waals surface area contributed by atoms with Crippen molar-refractivity contribution in [1.29, 1.82) is 0 Å². The van der Waals surface area contributed by atoms with Crippen molar-refractivity contribution >= 4 is 10.9 Å². The maximum absolute atomic E-state index is 5.30. The van der Waals surface area contributed by atoms with Gasteiger partial charge in [-0.25, -0.2) is 4.98 Å². The molecular weight excluding hydrogens is 258 g/mol. The summed E-state index contributed by atoms with van der Waals surface area (Å²) in [6.07, 6.45) is 0. The highest BCUT2D eigenvalue weighted by Gasteiger charge is 2.08. The summed E-state index contributed by atoms with van der Waals surface area (Å²) in [6, 6.07) is 14.8. The van der Waals surface area contributed by atoms with Gasteiger partial charge in [-0.15, -0.1) is 0 Å². The van der Waals surface area contributed by atoms with Crippen molar-refractivity contribution in [2.45, 2.75) is 20.8 Å². The van der Waals surface area contributed by atoms with Gasteiger partial charge in [-0.3, -0.25) is 0 Å². The number of hydrogen-bond acceptors (Lipinski definition) is 2. The zero-order valence-electron chi connectivity index (χ0n) is 12.9. The molecule has 106 valence electrons. The molecule has 1 heterocycles. The number of aryl methyl sites for hydroxylation is 3. The van der Waals surface area contributed by atoms with Gasteiger partial charge in [0.2, 0.25) is 0 Å². The van der Waals surface area contributed by atoms with Crippen LogP contribution < -0.4 is 4.74 Å². The summed E-state index contributed by atoms with van der Waals surface area (Å²) in [7, 11) is 1.68. The van der Waals surface area contributed by atoms with E-state index < -0.39 is 0 Å². The molecule has 3 rings (SSSR count). The van der Waals surface area contributed by atoms with E-state index in [1.54, 1.807) is 7.11 Å². The van der Waals surface area contributed by atoms with Crippen LogP contribution >= 0.6 is 0 Å². The summed E-state index contributed by atoms with van der Waals surface area (Å²) in [4.78, 5) is 4.86. The van der Waals surface area contributed by atoms with Crippen LogP contribution in [-0.4, -0.2) is 12.1 Å². The normalized spacial score (nSPS) is 10.9. The molecule has 0 amide bonds. The lowest BCUT2D eigenvalue weighted by Crippen LogP contribution is -1.92. The third-order valence-electron chi connectivity index (χ3n) is 3.71. The first-order valence-corrected chi connectivity index (χ1v) is 7.11. The van der Waals surface area contributed by atoms with Crippen LogP contribution in [0.5, 0.6) is 5.75 Å². The molecule has 0 N–H and O–H groups in total. The molecule has 0 radical (unpaired) electrons. The largest absolute Gasteiger partial charge is 0.497 e. The van der Waals surface area contributed by atoms with Gasteiger partial charge in [-0.2, -0.15) is 0 Å². The molecule has 0 bridgehead atoms. The van der Waals surface area contributed by atoms with E-state index in [1.165, 1.54) is 22.3 Å². The third kappa shape index (κ3) is 2.62. The molecule has 0 saturated carbocycles. The lowest BCUT2D eigenvalue weighted by molar-refractivity contribution is 0.415. The Labute approximate surface area is 125 Å². The van der Waals surface area contributed by atoms with Gasteiger partial charge in [0.1, 0.15) is 5.75 Å². The van der Waals surface area contributed by atoms with Crippen LogP contribution in [0, 0.1) is 20.8 Å². The molecule has 0 atom stereocenters. The smallest absolute Gasteiger partial charge is 0.121 e. The van der Waals surface area contributed by atoms with Crippen LogP contribution in [0.15, 0.2) is 42.5 Å². The molecule has 0 aliphatic heterocycles. The first-order chi connectivity index (χ1) is 10.1. The van der Waals surface area contributed by atoms with Crippen LogP contribution in [0.1, 0.15) is 16.7 Å². The summed E-state index contributed by atoms with van der Waals surface area (Å²) in [5.41, 5.74) is 6.90. The second-order valence-corrected chi connectivity index (χ2v) is 5.59. The zero-order chi connectivity index (χ0) is 15.0. The lowest BCUT2D eigenvalue weighted by atomic mass is 10.0. The van der Waals surface area contributed by atoms with Crippen molar-refractivity contribution in [1.82, 2.24) is 4.98 Å². The molecule has 3 aromatic rings. The Balaban J connectivity index is 2.23. The molecule has 0 aliphatic rings. The Hall–Kier alpha value is -2.35. The third-order valence-corrected chi connectivity index (χ3v) is 3.71. The Bertz CT molecular complexity index is 801. The van der Waals surface area contributed by atoms with Gasteiger partial charge in [0, 0.05) is 17.0 Å². The second kappa shape index (κ2) is 5.21. The Kier molecular flexibility index (Phi) is 3.38. The number of ether oxygens (including phenoxy) is 1. The molecule has 0 aliphatic carbocycles. The number of hydrogen-bond donors (Lipinski definition) is 0. The van der Waals surface area contributed by atoms with E-state index in [0.29, 0.717) is 0 Å². The quantitative estimate of drug-likeness (QED) is 0.669. The van der Waals surface area contributed by atoms with E-state index in [2.05, 4.69) is 51.1 Å². The summed E-state index contributed by atoms with van der Waals surface area (Å²) in [5, 5.41) is 1.14. The molecule has 2 heteroatoms. The van der Waals surface area contributed by atoms with Crippen molar-refractivity contribution in [3.05, 3.63) is 59.2 Å². The Morgan fingerprint density at radius 2 is 1.57 bits per heavy atom. The number of pyridine rings is 1. The standard InChI is InChI=1S/C19H19NO/c1-12-7-13(2)9-16(8-12)19-14(3)10-15-5-6-17(21-4)11-18(15)20-19/h5-11H,1-4H3. The van der Waals surface area contributed by atoms with E-state index in [0.717, 1.165) is 22.3 Å². The first kappa shape index (κ1) is 13.6. The van der Waals surface area contributed by atoms with Gasteiger partial charge in [0.15, 0.2) is 0 Å². The number of benzene rings is 2. The number of rotatable bonds is 2. The Morgan fingerprint density at radius 1 is 0.857 bits per heavy atom. The minimum absolute atomic E-state index is 0.838. The minimum Gasteiger partial charge on any atom is -0.497 e. The fourth-order valence-corrected chi connectivity index (χ4v) is 2.78. The maximum atomic E-state index is 5.30. The Morgan fingerprint density at radius 3 is 2.24 bits per heavy atom. The van der Waals surface area contributed by atoms with Crippen LogP contribution in [0.2, 0.25) is 0 Å². The summed E-state index contributed by atoms with van der Waals surface area (Å²) < 4.78 is 5.30. The highest BCUT2D eigenvalue weighted by molar-refractivity contribution is 5.84. The monoisotopic (exact) mass is 277 g/mol. The predicted octanol–water partition coefficient (Wildman–Crippen LogP) is 4.84. The molecule has 2 aromatic carbocycles. The second-order valence-electron chi connectivity index (χ2n) is 5.59. The average molecular weight is 277 g/mol. The van der Waals surface area contributed by atoms with Crippen molar-refractivity contribution < 1.29 is 4.74 Å². The topological polar surface area (TPSA) is 22.1 Å². The van der Waals surface area contributed by atoms with E-state index in [9.17, 15) is 0 Å². The van der Waals surface area contributed by atoms with Crippen LogP contribution in [0.25, 0.3) is 22.2 Å². The lowest BCUT2D eigenvalue weighted by Gasteiger charge is -2.10. The number of aromatic nitrogens is 1. The van der Waals surface area contributed by atoms with E-state index in [4.69, 9.17) is 9.72 Å². The number of nitrogens with zero attached hydrogens (tertiary/aromatic N) is 1. The van der Waals surface area contributed by atoms with E-state index >= 15 is 0 Å². The van der Waals surface area contributed by atoms with Crippen molar-refractivity contribution in [3.63, 3.8) is 0 Å². The van der Waals surface area contributed by atoms with Gasteiger partial charge in [-0.1, -0.05) is 17.2 Å². The molecule has 2 nitrogen and oxygen atoms in total. The van der Waals surface area contributed by atoms with Crippen LogP contribution in [0.4, 0.5) is 0 Å². The molecule has 21 heavy (non-hydrogen) atoms. The summed E-state index contributed by atoms with van der Waals surface area (Å²) in [6.45, 7) is 6.36. The maximum Gasteiger partial charge on any atom is 0.121 e. The van der Waals surface area contributed by atoms with Crippen molar-refractivity contribution in [3.8, 4) is 17.0 Å². The van der Waals surface area contributed by atoms with Crippen LogP contribution in [0.3, 0.4) is 0 Å². The fourth-order valence-electron chi connectivity index (χ4n) is 2.78.